The van der Waals surface area contributed by atoms with Crippen molar-refractivity contribution >= 4 is 0 Å². The van der Waals surface area contributed by atoms with E-state index in [9.17, 15) is 10.2 Å². The lowest BCUT2D eigenvalue weighted by atomic mass is 9.53. The molecule has 2 N–H and O–H groups in total. The van der Waals surface area contributed by atoms with Crippen LogP contribution in [-0.2, 0) is 11.8 Å². The van der Waals surface area contributed by atoms with Gasteiger partial charge in [-0.05, 0) is 38.1 Å². The van der Waals surface area contributed by atoms with Crippen LogP contribution in [0.1, 0.15) is 17.5 Å². The second-order valence-electron chi connectivity index (χ2n) is 6.93. The maximum absolute atomic E-state index is 10.4. The lowest BCUT2D eigenvalue weighted by Crippen LogP contribution is -2.64. The molecule has 3 unspecified atom stereocenters. The molecular weight excluding hydrogens is 266 g/mol. The van der Waals surface area contributed by atoms with Crippen LogP contribution in [0.3, 0.4) is 0 Å². The third kappa shape index (κ3) is 1.21. The summed E-state index contributed by atoms with van der Waals surface area (Å²) in [5.41, 5.74) is 2.29. The molecule has 2 aliphatic carbocycles. The number of aliphatic hydroxyl groups excluding tert-OH is 1. The van der Waals surface area contributed by atoms with E-state index in [1.165, 1.54) is 11.1 Å². The summed E-state index contributed by atoms with van der Waals surface area (Å²) in [5, 5.41) is 20.6. The van der Waals surface area contributed by atoms with Crippen LogP contribution in [0.25, 0.3) is 0 Å². The number of hydrogen-bond donors (Lipinski definition) is 2. The zero-order valence-electron chi connectivity index (χ0n) is 12.0. The first-order valence-electron chi connectivity index (χ1n) is 7.71. The zero-order chi connectivity index (χ0) is 14.4. The maximum Gasteiger partial charge on any atom is 0.165 e. The molecule has 1 spiro atoms. The van der Waals surface area contributed by atoms with Crippen LogP contribution < -0.4 is 4.74 Å². The van der Waals surface area contributed by atoms with Gasteiger partial charge in [0.15, 0.2) is 11.5 Å². The number of piperidine rings is 1. The molecule has 4 nitrogen and oxygen atoms in total. The molecule has 2 aliphatic heterocycles. The summed E-state index contributed by atoms with van der Waals surface area (Å²) in [6.07, 6.45) is 5.18. The minimum atomic E-state index is -0.594. The summed E-state index contributed by atoms with van der Waals surface area (Å²) in [6.45, 7) is 1.01. The van der Waals surface area contributed by atoms with Crippen LogP contribution in [0.15, 0.2) is 24.3 Å². The summed E-state index contributed by atoms with van der Waals surface area (Å²) in [4.78, 5) is 2.43. The van der Waals surface area contributed by atoms with Crippen molar-refractivity contribution < 1.29 is 14.9 Å². The largest absolute Gasteiger partial charge is 0.504 e. The van der Waals surface area contributed by atoms with Crippen molar-refractivity contribution in [2.45, 2.75) is 36.5 Å². The topological polar surface area (TPSA) is 52.9 Å². The van der Waals surface area contributed by atoms with Crippen LogP contribution in [0.2, 0.25) is 0 Å². The van der Waals surface area contributed by atoms with E-state index in [1.807, 2.05) is 12.1 Å². The Labute approximate surface area is 123 Å². The van der Waals surface area contributed by atoms with Crippen LogP contribution in [0.4, 0.5) is 0 Å². The Bertz CT molecular complexity index is 670. The van der Waals surface area contributed by atoms with Crippen LogP contribution >= 0.6 is 0 Å². The standard InChI is InChI=1S/C17H19NO3/c1-18-7-6-17-10-3-5-13(20)16(17)21-15-12(19)4-2-9(14(15)17)8-11(10)18/h2-5,10-11,13,16,19-20H,6-8H2,1H3/t10-,11?,13-,16?,17?/m0/s1. The van der Waals surface area contributed by atoms with Crippen molar-refractivity contribution in [1.29, 1.82) is 0 Å². The van der Waals surface area contributed by atoms with Crippen molar-refractivity contribution in [3.05, 3.63) is 35.4 Å². The lowest BCUT2D eigenvalue weighted by molar-refractivity contribution is -0.0453. The molecule has 5 atom stereocenters. The fourth-order valence-electron chi connectivity index (χ4n) is 5.24. The molecule has 0 aromatic heterocycles. The van der Waals surface area contributed by atoms with Crippen molar-refractivity contribution in [3.63, 3.8) is 0 Å². The fourth-order valence-corrected chi connectivity index (χ4v) is 5.24. The van der Waals surface area contributed by atoms with E-state index in [0.717, 1.165) is 19.4 Å². The Morgan fingerprint density at radius 3 is 3.05 bits per heavy atom. The number of phenolic OH excluding ortho intramolecular Hbond substituents is 1. The highest BCUT2D eigenvalue weighted by Crippen LogP contribution is 2.62. The fraction of sp³-hybridized carbons (Fsp3) is 0.529. The van der Waals surface area contributed by atoms with Gasteiger partial charge in [-0.3, -0.25) is 0 Å². The Morgan fingerprint density at radius 2 is 2.19 bits per heavy atom. The average Bonchev–Trinajstić information content (AvgIpc) is 2.83. The Morgan fingerprint density at radius 1 is 1.33 bits per heavy atom. The second-order valence-corrected chi connectivity index (χ2v) is 6.93. The molecule has 0 radical (unpaired) electrons. The van der Waals surface area contributed by atoms with Crippen molar-refractivity contribution in [2.24, 2.45) is 5.92 Å². The van der Waals surface area contributed by atoms with Crippen LogP contribution in [0, 0.1) is 5.92 Å². The normalized spacial score (nSPS) is 42.6. The van der Waals surface area contributed by atoms with Gasteiger partial charge in [0, 0.05) is 22.9 Å². The number of ether oxygens (including phenoxy) is 1. The number of benzene rings is 1. The monoisotopic (exact) mass is 285 g/mol. The molecule has 1 aromatic rings. The van der Waals surface area contributed by atoms with Gasteiger partial charge in [-0.2, -0.15) is 0 Å². The van der Waals surface area contributed by atoms with E-state index in [4.69, 9.17) is 4.74 Å². The third-order valence-corrected chi connectivity index (χ3v) is 6.15. The molecule has 1 fully saturated rings. The van der Waals surface area contributed by atoms with Gasteiger partial charge in [0.2, 0.25) is 0 Å². The molecule has 21 heavy (non-hydrogen) atoms. The highest BCUT2D eigenvalue weighted by Gasteiger charge is 2.64. The van der Waals surface area contributed by atoms with Gasteiger partial charge in [-0.15, -0.1) is 0 Å². The average molecular weight is 285 g/mol. The number of aliphatic hydroxyl groups is 1. The van der Waals surface area contributed by atoms with Gasteiger partial charge in [0.25, 0.3) is 0 Å². The number of hydrogen-bond acceptors (Lipinski definition) is 4. The van der Waals surface area contributed by atoms with Crippen molar-refractivity contribution in [1.82, 2.24) is 4.90 Å². The molecule has 4 heteroatoms. The second kappa shape index (κ2) is 3.62. The van der Waals surface area contributed by atoms with Crippen molar-refractivity contribution in [3.8, 4) is 11.5 Å². The van der Waals surface area contributed by atoms with Gasteiger partial charge in [0.05, 0.1) is 0 Å². The summed E-state index contributed by atoms with van der Waals surface area (Å²) in [5.74, 6) is 1.19. The number of likely N-dealkylation sites (N-methyl/N-ethyl adjacent to an activating group) is 1. The molecule has 0 saturated carbocycles. The molecule has 110 valence electrons. The smallest absolute Gasteiger partial charge is 0.165 e. The molecule has 2 bridgehead atoms. The van der Waals surface area contributed by atoms with Crippen molar-refractivity contribution in [2.75, 3.05) is 13.6 Å². The molecule has 2 heterocycles. The van der Waals surface area contributed by atoms with Gasteiger partial charge < -0.3 is 19.8 Å². The molecule has 4 aliphatic rings. The van der Waals surface area contributed by atoms with Crippen LogP contribution in [0.5, 0.6) is 11.5 Å². The van der Waals surface area contributed by atoms with E-state index < -0.39 is 6.10 Å². The summed E-state index contributed by atoms with van der Waals surface area (Å²) < 4.78 is 6.09. The number of likely N-dealkylation sites (tertiary alicyclic amines) is 1. The molecule has 5 rings (SSSR count). The number of rotatable bonds is 0. The predicted molar refractivity (Wildman–Crippen MR) is 77.6 cm³/mol. The van der Waals surface area contributed by atoms with Gasteiger partial charge in [0.1, 0.15) is 12.2 Å². The molecule has 1 aromatic carbocycles. The Kier molecular flexibility index (Phi) is 2.08. The van der Waals surface area contributed by atoms with E-state index in [2.05, 4.69) is 18.0 Å². The Balaban J connectivity index is 1.84. The molecular formula is C17H19NO3. The summed E-state index contributed by atoms with van der Waals surface area (Å²) in [6, 6.07) is 4.23. The number of aromatic hydroxyl groups is 1. The maximum atomic E-state index is 10.4. The van der Waals surface area contributed by atoms with Gasteiger partial charge in [-0.25, -0.2) is 0 Å². The van der Waals surface area contributed by atoms with E-state index in [-0.39, 0.29) is 17.3 Å². The first-order valence-corrected chi connectivity index (χ1v) is 7.71. The van der Waals surface area contributed by atoms with E-state index >= 15 is 0 Å². The van der Waals surface area contributed by atoms with Crippen LogP contribution in [-0.4, -0.2) is 47.0 Å². The highest BCUT2D eigenvalue weighted by atomic mass is 16.5. The predicted octanol–water partition coefficient (Wildman–Crippen LogP) is 1.20. The van der Waals surface area contributed by atoms with Gasteiger partial charge >= 0.3 is 0 Å². The highest BCUT2D eigenvalue weighted by molar-refractivity contribution is 5.61. The SMILES string of the molecule is CN1CCC23c4c5ccc(O)c4OC2[C@@H](O)C=C[C@H]3C1C5. The zero-order valence-corrected chi connectivity index (χ0v) is 12.0. The Hall–Kier alpha value is -1.52. The summed E-state index contributed by atoms with van der Waals surface area (Å²) >= 11 is 0. The summed E-state index contributed by atoms with van der Waals surface area (Å²) in [7, 11) is 2.19. The first-order chi connectivity index (χ1) is 10.1. The molecule has 0 amide bonds. The first kappa shape index (κ1) is 12.1. The van der Waals surface area contributed by atoms with Gasteiger partial charge in [-0.1, -0.05) is 18.2 Å². The third-order valence-electron chi connectivity index (χ3n) is 6.15. The minimum Gasteiger partial charge on any atom is -0.504 e. The van der Waals surface area contributed by atoms with E-state index in [0.29, 0.717) is 17.7 Å². The molecule has 1 saturated heterocycles. The number of nitrogens with zero attached hydrogens (tertiary/aromatic N) is 1. The number of phenols is 1. The lowest BCUT2D eigenvalue weighted by Gasteiger charge is -2.56. The quantitative estimate of drug-likeness (QED) is 0.703. The minimum absolute atomic E-state index is 0.160. The van der Waals surface area contributed by atoms with E-state index in [1.54, 1.807) is 6.07 Å².